The summed E-state index contributed by atoms with van der Waals surface area (Å²) in [7, 11) is 2.07. The fourth-order valence-electron chi connectivity index (χ4n) is 0.631. The molecule has 6 nitrogen and oxygen atoms in total. The number of methoxy groups -OCH3 is 2. The Labute approximate surface area is 74.4 Å². The van der Waals surface area contributed by atoms with Crippen LogP contribution < -0.4 is 0 Å². The summed E-state index contributed by atoms with van der Waals surface area (Å²) < 4.78 is 8.30. The van der Waals surface area contributed by atoms with Gasteiger partial charge in [0, 0.05) is 0 Å². The Morgan fingerprint density at radius 2 is 1.92 bits per heavy atom. The van der Waals surface area contributed by atoms with E-state index in [0.717, 1.165) is 14.2 Å². The third kappa shape index (κ3) is 2.83. The van der Waals surface area contributed by atoms with Gasteiger partial charge in [0.05, 0.1) is 20.6 Å². The highest BCUT2D eigenvalue weighted by Gasteiger charge is 2.39. The van der Waals surface area contributed by atoms with E-state index in [2.05, 4.69) is 9.47 Å². The maximum absolute atomic E-state index is 10.8. The van der Waals surface area contributed by atoms with Gasteiger partial charge in [-0.3, -0.25) is 9.59 Å². The third-order valence-electron chi connectivity index (χ3n) is 1.38. The minimum Gasteiger partial charge on any atom is -0.469 e. The van der Waals surface area contributed by atoms with Crippen LogP contribution in [0, 0.1) is 0 Å². The van der Waals surface area contributed by atoms with Gasteiger partial charge < -0.3 is 14.6 Å². The monoisotopic (exact) mass is 190 g/mol. The summed E-state index contributed by atoms with van der Waals surface area (Å²) in [6, 6.07) is 0. The molecule has 1 atom stereocenters. The molecule has 0 fully saturated rings. The van der Waals surface area contributed by atoms with Crippen LogP contribution in [0.15, 0.2) is 0 Å². The third-order valence-corrected chi connectivity index (χ3v) is 1.38. The van der Waals surface area contributed by atoms with Crippen molar-refractivity contribution >= 4 is 18.2 Å². The maximum atomic E-state index is 10.8. The summed E-state index contributed by atoms with van der Waals surface area (Å²) in [5, 5.41) is 9.25. The van der Waals surface area contributed by atoms with Crippen LogP contribution >= 0.6 is 0 Å². The van der Waals surface area contributed by atoms with Crippen molar-refractivity contribution in [2.45, 2.75) is 12.0 Å². The summed E-state index contributed by atoms with van der Waals surface area (Å²) >= 11 is 0. The van der Waals surface area contributed by atoms with Gasteiger partial charge >= 0.3 is 11.9 Å². The van der Waals surface area contributed by atoms with Gasteiger partial charge in [-0.05, 0) is 0 Å². The molecule has 0 aliphatic rings. The first-order chi connectivity index (χ1) is 6.00. The van der Waals surface area contributed by atoms with E-state index in [1.165, 1.54) is 0 Å². The Bertz CT molecular complexity index is 223. The molecule has 0 rings (SSSR count). The number of hydrogen-bond donors (Lipinski definition) is 1. The van der Waals surface area contributed by atoms with Crippen molar-refractivity contribution in [2.24, 2.45) is 0 Å². The van der Waals surface area contributed by atoms with E-state index in [0.29, 0.717) is 0 Å². The van der Waals surface area contributed by atoms with Gasteiger partial charge in [0.2, 0.25) is 5.60 Å². The molecule has 0 aliphatic heterocycles. The van der Waals surface area contributed by atoms with Gasteiger partial charge in [0.1, 0.15) is 0 Å². The molecule has 0 aromatic carbocycles. The Kier molecular flexibility index (Phi) is 4.06. The molecular formula is C7H10O6. The van der Waals surface area contributed by atoms with Gasteiger partial charge in [-0.1, -0.05) is 0 Å². The first kappa shape index (κ1) is 11.6. The zero-order valence-electron chi connectivity index (χ0n) is 7.27. The maximum Gasteiger partial charge on any atom is 0.346 e. The predicted octanol–water partition coefficient (Wildman–Crippen LogP) is -1.35. The normalized spacial score (nSPS) is 14.1. The number of esters is 2. The lowest BCUT2D eigenvalue weighted by atomic mass is 10.0. The Morgan fingerprint density at radius 3 is 2.23 bits per heavy atom. The second kappa shape index (κ2) is 4.56. The first-order valence-electron chi connectivity index (χ1n) is 3.34. The van der Waals surface area contributed by atoms with Crippen LogP contribution in [0.4, 0.5) is 0 Å². The molecular weight excluding hydrogens is 180 g/mol. The molecule has 0 saturated carbocycles. The lowest BCUT2D eigenvalue weighted by molar-refractivity contribution is -0.170. The highest BCUT2D eigenvalue weighted by Crippen LogP contribution is 2.09. The second-order valence-corrected chi connectivity index (χ2v) is 2.29. The van der Waals surface area contributed by atoms with Gasteiger partial charge in [-0.25, -0.2) is 4.79 Å². The molecule has 13 heavy (non-hydrogen) atoms. The second-order valence-electron chi connectivity index (χ2n) is 2.29. The molecule has 0 spiro atoms. The number of aliphatic hydroxyl groups is 1. The number of carbonyl (C=O) groups excluding carboxylic acids is 3. The molecule has 0 heterocycles. The van der Waals surface area contributed by atoms with E-state index in [1.807, 2.05) is 0 Å². The van der Waals surface area contributed by atoms with Crippen LogP contribution in [0.5, 0.6) is 0 Å². The first-order valence-corrected chi connectivity index (χ1v) is 3.34. The standard InChI is InChI=1S/C7H10O6/c1-12-5(9)3-7(11,4-8)6(10)13-2/h4,11H,3H2,1-2H3. The summed E-state index contributed by atoms with van der Waals surface area (Å²) in [5.41, 5.74) is -2.44. The molecule has 0 radical (unpaired) electrons. The fourth-order valence-corrected chi connectivity index (χ4v) is 0.631. The molecule has 0 aliphatic carbocycles. The van der Waals surface area contributed by atoms with E-state index in [-0.39, 0.29) is 6.29 Å². The predicted molar refractivity (Wildman–Crippen MR) is 39.7 cm³/mol. The quantitative estimate of drug-likeness (QED) is 0.335. The highest BCUT2D eigenvalue weighted by atomic mass is 16.5. The molecule has 0 saturated heterocycles. The van der Waals surface area contributed by atoms with Crippen molar-refractivity contribution < 1.29 is 29.0 Å². The van der Waals surface area contributed by atoms with Crippen LogP contribution in [-0.4, -0.2) is 43.2 Å². The zero-order valence-corrected chi connectivity index (χ0v) is 7.27. The largest absolute Gasteiger partial charge is 0.469 e. The van der Waals surface area contributed by atoms with E-state index >= 15 is 0 Å². The highest BCUT2D eigenvalue weighted by molar-refractivity contribution is 6.00. The number of hydrogen-bond acceptors (Lipinski definition) is 6. The van der Waals surface area contributed by atoms with E-state index < -0.39 is 24.0 Å². The minimum atomic E-state index is -2.44. The molecule has 0 aromatic heterocycles. The lowest BCUT2D eigenvalue weighted by Crippen LogP contribution is -2.43. The number of rotatable bonds is 4. The Hall–Kier alpha value is -1.43. The lowest BCUT2D eigenvalue weighted by Gasteiger charge is -2.16. The average Bonchev–Trinajstić information content (AvgIpc) is 2.15. The summed E-state index contributed by atoms with van der Waals surface area (Å²) in [6.45, 7) is 0. The van der Waals surface area contributed by atoms with Gasteiger partial charge in [-0.2, -0.15) is 0 Å². The summed E-state index contributed by atoms with van der Waals surface area (Å²) in [5.74, 6) is -2.06. The van der Waals surface area contributed by atoms with Gasteiger partial charge in [-0.15, -0.1) is 0 Å². The van der Waals surface area contributed by atoms with Crippen molar-refractivity contribution in [3.63, 3.8) is 0 Å². The Balaban J connectivity index is 4.54. The smallest absolute Gasteiger partial charge is 0.346 e. The summed E-state index contributed by atoms with van der Waals surface area (Å²) in [6.07, 6.45) is -0.810. The van der Waals surface area contributed by atoms with Crippen LogP contribution in [0.3, 0.4) is 0 Å². The van der Waals surface area contributed by atoms with Crippen molar-refractivity contribution in [3.8, 4) is 0 Å². The van der Waals surface area contributed by atoms with Crippen LogP contribution in [0.1, 0.15) is 6.42 Å². The molecule has 0 amide bonds. The van der Waals surface area contributed by atoms with Crippen molar-refractivity contribution in [1.29, 1.82) is 0 Å². The molecule has 0 bridgehead atoms. The molecule has 1 unspecified atom stereocenters. The summed E-state index contributed by atoms with van der Waals surface area (Å²) in [4.78, 5) is 31.8. The van der Waals surface area contributed by atoms with Crippen LogP contribution in [0.2, 0.25) is 0 Å². The molecule has 74 valence electrons. The van der Waals surface area contributed by atoms with Crippen molar-refractivity contribution in [1.82, 2.24) is 0 Å². The average molecular weight is 190 g/mol. The Morgan fingerprint density at radius 1 is 1.38 bits per heavy atom. The number of carbonyl (C=O) groups is 3. The van der Waals surface area contributed by atoms with Crippen LogP contribution in [-0.2, 0) is 23.9 Å². The fraction of sp³-hybridized carbons (Fsp3) is 0.571. The van der Waals surface area contributed by atoms with Gasteiger partial charge in [0.25, 0.3) is 0 Å². The van der Waals surface area contributed by atoms with Crippen LogP contribution in [0.25, 0.3) is 0 Å². The SMILES string of the molecule is COC(=O)CC(O)(C=O)C(=O)OC. The van der Waals surface area contributed by atoms with E-state index in [4.69, 9.17) is 0 Å². The van der Waals surface area contributed by atoms with Crippen molar-refractivity contribution in [2.75, 3.05) is 14.2 Å². The van der Waals surface area contributed by atoms with E-state index in [9.17, 15) is 19.5 Å². The van der Waals surface area contributed by atoms with Crippen molar-refractivity contribution in [3.05, 3.63) is 0 Å². The molecule has 6 heteroatoms. The molecule has 0 aromatic rings. The zero-order chi connectivity index (χ0) is 10.5. The number of ether oxygens (including phenoxy) is 2. The topological polar surface area (TPSA) is 89.9 Å². The minimum absolute atomic E-state index is 0.0598. The number of aldehydes is 1. The molecule has 1 N–H and O–H groups in total. The van der Waals surface area contributed by atoms with Gasteiger partial charge in [0.15, 0.2) is 6.29 Å². The van der Waals surface area contributed by atoms with E-state index in [1.54, 1.807) is 0 Å².